The van der Waals surface area contributed by atoms with Crippen LogP contribution in [0.2, 0.25) is 0 Å². The van der Waals surface area contributed by atoms with Crippen molar-refractivity contribution in [2.75, 3.05) is 0 Å². The quantitative estimate of drug-likeness (QED) is 0.716. The maximum atomic E-state index is 3.59. The van der Waals surface area contributed by atoms with Crippen molar-refractivity contribution in [1.82, 2.24) is 5.32 Å². The smallest absolute Gasteiger partial charge is 0.0211 e. The predicted octanol–water partition coefficient (Wildman–Crippen LogP) is 2.67. The molecule has 0 fully saturated rings. The predicted molar refractivity (Wildman–Crippen MR) is 60.3 cm³/mol. The number of nitrogens with one attached hydrogen (secondary N) is 1. The fourth-order valence-electron chi connectivity index (χ4n) is 2.14. The Morgan fingerprint density at radius 2 is 2.07 bits per heavy atom. The lowest BCUT2D eigenvalue weighted by Crippen LogP contribution is -2.39. The summed E-state index contributed by atoms with van der Waals surface area (Å²) < 4.78 is 0. The van der Waals surface area contributed by atoms with E-state index in [1.165, 1.54) is 17.5 Å². The molecule has 0 saturated carbocycles. The average Bonchev–Trinajstić information content (AvgIpc) is 2.16. The van der Waals surface area contributed by atoms with Gasteiger partial charge in [0.25, 0.3) is 0 Å². The average molecular weight is 189 g/mol. The van der Waals surface area contributed by atoms with E-state index in [9.17, 15) is 0 Å². The van der Waals surface area contributed by atoms with Crippen molar-refractivity contribution in [1.29, 1.82) is 0 Å². The van der Waals surface area contributed by atoms with Crippen LogP contribution in [0.15, 0.2) is 18.2 Å². The summed E-state index contributed by atoms with van der Waals surface area (Å²) in [6, 6.07) is 7.46. The lowest BCUT2D eigenvalue weighted by Gasteiger charge is -2.29. The van der Waals surface area contributed by atoms with Gasteiger partial charge in [-0.2, -0.15) is 0 Å². The summed E-state index contributed by atoms with van der Waals surface area (Å²) in [5.74, 6) is 0.726. The van der Waals surface area contributed by atoms with Gasteiger partial charge in [-0.05, 0) is 30.4 Å². The van der Waals surface area contributed by atoms with E-state index < -0.39 is 0 Å². The summed E-state index contributed by atoms with van der Waals surface area (Å²) in [6.07, 6.45) is 1.19. The Hall–Kier alpha value is -0.820. The SMILES string of the molecule is Cc1ccc2c(c1)CC(C(C)C)NC2. The van der Waals surface area contributed by atoms with Crippen LogP contribution < -0.4 is 5.32 Å². The maximum absolute atomic E-state index is 3.59. The van der Waals surface area contributed by atoms with E-state index in [0.717, 1.165) is 12.5 Å². The van der Waals surface area contributed by atoms with Gasteiger partial charge < -0.3 is 5.32 Å². The van der Waals surface area contributed by atoms with Crippen LogP contribution in [-0.2, 0) is 13.0 Å². The molecule has 0 bridgehead atoms. The molecule has 76 valence electrons. The van der Waals surface area contributed by atoms with E-state index in [1.807, 2.05) is 0 Å². The standard InChI is InChI=1S/C13H19N/c1-9(2)13-7-12-6-10(3)4-5-11(12)8-14-13/h4-6,9,13-14H,7-8H2,1-3H3. The molecule has 1 nitrogen and oxygen atoms in total. The van der Waals surface area contributed by atoms with Crippen molar-refractivity contribution in [3.05, 3.63) is 34.9 Å². The van der Waals surface area contributed by atoms with E-state index in [1.54, 1.807) is 5.56 Å². The molecular weight excluding hydrogens is 170 g/mol. The lowest BCUT2D eigenvalue weighted by molar-refractivity contribution is 0.377. The maximum Gasteiger partial charge on any atom is 0.0211 e. The monoisotopic (exact) mass is 189 g/mol. The second kappa shape index (κ2) is 3.74. The van der Waals surface area contributed by atoms with Gasteiger partial charge in [0.2, 0.25) is 0 Å². The van der Waals surface area contributed by atoms with Crippen molar-refractivity contribution < 1.29 is 0 Å². The van der Waals surface area contributed by atoms with Gasteiger partial charge in [-0.3, -0.25) is 0 Å². The van der Waals surface area contributed by atoms with Gasteiger partial charge in [-0.25, -0.2) is 0 Å². The van der Waals surface area contributed by atoms with Crippen LogP contribution in [0.4, 0.5) is 0 Å². The van der Waals surface area contributed by atoms with Crippen molar-refractivity contribution >= 4 is 0 Å². The van der Waals surface area contributed by atoms with Crippen LogP contribution in [0, 0.1) is 12.8 Å². The van der Waals surface area contributed by atoms with Gasteiger partial charge in [-0.1, -0.05) is 37.6 Å². The zero-order valence-electron chi connectivity index (χ0n) is 9.30. The number of hydrogen-bond acceptors (Lipinski definition) is 1. The molecule has 0 aromatic heterocycles. The van der Waals surface area contributed by atoms with Crippen molar-refractivity contribution in [3.63, 3.8) is 0 Å². The molecule has 1 unspecified atom stereocenters. The molecule has 0 radical (unpaired) electrons. The Kier molecular flexibility index (Phi) is 2.60. The third-order valence-electron chi connectivity index (χ3n) is 3.16. The Balaban J connectivity index is 2.24. The van der Waals surface area contributed by atoms with E-state index in [4.69, 9.17) is 0 Å². The molecule has 0 saturated heterocycles. The van der Waals surface area contributed by atoms with E-state index in [2.05, 4.69) is 44.3 Å². The van der Waals surface area contributed by atoms with E-state index in [-0.39, 0.29) is 0 Å². The summed E-state index contributed by atoms with van der Waals surface area (Å²) in [7, 11) is 0. The Bertz CT molecular complexity index is 328. The van der Waals surface area contributed by atoms with E-state index >= 15 is 0 Å². The highest BCUT2D eigenvalue weighted by Gasteiger charge is 2.19. The number of hydrogen-bond donors (Lipinski definition) is 1. The second-order valence-electron chi connectivity index (χ2n) is 4.71. The summed E-state index contributed by atoms with van der Waals surface area (Å²) in [6.45, 7) is 7.79. The fourth-order valence-corrected chi connectivity index (χ4v) is 2.14. The third kappa shape index (κ3) is 1.83. The Morgan fingerprint density at radius 1 is 1.29 bits per heavy atom. The molecule has 1 N–H and O–H groups in total. The Morgan fingerprint density at radius 3 is 2.79 bits per heavy atom. The molecule has 0 aliphatic carbocycles. The van der Waals surface area contributed by atoms with Crippen LogP contribution in [0.5, 0.6) is 0 Å². The largest absolute Gasteiger partial charge is 0.309 e. The molecule has 1 heterocycles. The number of benzene rings is 1. The van der Waals surface area contributed by atoms with Crippen LogP contribution in [0.3, 0.4) is 0 Å². The van der Waals surface area contributed by atoms with E-state index in [0.29, 0.717) is 6.04 Å². The molecule has 1 aliphatic heterocycles. The normalized spacial score (nSPS) is 21.0. The van der Waals surface area contributed by atoms with Gasteiger partial charge >= 0.3 is 0 Å². The van der Waals surface area contributed by atoms with Crippen molar-refractivity contribution in [3.8, 4) is 0 Å². The molecule has 1 atom stereocenters. The molecule has 1 heteroatoms. The zero-order chi connectivity index (χ0) is 10.1. The fraction of sp³-hybridized carbons (Fsp3) is 0.538. The zero-order valence-corrected chi connectivity index (χ0v) is 9.30. The molecule has 0 amide bonds. The van der Waals surface area contributed by atoms with Crippen molar-refractivity contribution in [2.45, 2.75) is 39.8 Å². The van der Waals surface area contributed by atoms with Crippen LogP contribution in [0.25, 0.3) is 0 Å². The Labute approximate surface area is 86.5 Å². The van der Waals surface area contributed by atoms with Gasteiger partial charge in [0.1, 0.15) is 0 Å². The molecule has 14 heavy (non-hydrogen) atoms. The van der Waals surface area contributed by atoms with Crippen LogP contribution in [-0.4, -0.2) is 6.04 Å². The first-order valence-electron chi connectivity index (χ1n) is 5.48. The summed E-state index contributed by atoms with van der Waals surface area (Å²) in [4.78, 5) is 0. The minimum Gasteiger partial charge on any atom is -0.309 e. The lowest BCUT2D eigenvalue weighted by atomic mass is 9.89. The summed E-state index contributed by atoms with van der Waals surface area (Å²) in [5, 5.41) is 3.59. The first kappa shape index (κ1) is 9.72. The molecule has 0 spiro atoms. The molecule has 1 aliphatic rings. The highest BCUT2D eigenvalue weighted by Crippen LogP contribution is 2.21. The van der Waals surface area contributed by atoms with Gasteiger partial charge in [0.15, 0.2) is 0 Å². The third-order valence-corrected chi connectivity index (χ3v) is 3.16. The topological polar surface area (TPSA) is 12.0 Å². The van der Waals surface area contributed by atoms with Crippen molar-refractivity contribution in [2.24, 2.45) is 5.92 Å². The first-order valence-corrected chi connectivity index (χ1v) is 5.48. The number of fused-ring (bicyclic) bond motifs is 1. The van der Waals surface area contributed by atoms with Crippen LogP contribution in [0.1, 0.15) is 30.5 Å². The molecule has 1 aromatic carbocycles. The van der Waals surface area contributed by atoms with Gasteiger partial charge in [0, 0.05) is 12.6 Å². The molecule has 2 rings (SSSR count). The highest BCUT2D eigenvalue weighted by atomic mass is 14.9. The molecular formula is C13H19N. The first-order chi connectivity index (χ1) is 6.66. The van der Waals surface area contributed by atoms with Crippen LogP contribution >= 0.6 is 0 Å². The minimum absolute atomic E-state index is 0.657. The minimum atomic E-state index is 0.657. The second-order valence-corrected chi connectivity index (χ2v) is 4.71. The summed E-state index contributed by atoms with van der Waals surface area (Å²) in [5.41, 5.74) is 4.41. The van der Waals surface area contributed by atoms with Gasteiger partial charge in [-0.15, -0.1) is 0 Å². The van der Waals surface area contributed by atoms with Gasteiger partial charge in [0.05, 0.1) is 0 Å². The number of aryl methyl sites for hydroxylation is 1. The molecule has 1 aromatic rings. The highest BCUT2D eigenvalue weighted by molar-refractivity contribution is 5.33. The number of rotatable bonds is 1. The summed E-state index contributed by atoms with van der Waals surface area (Å²) >= 11 is 0.